The Bertz CT molecular complexity index is 4310. The predicted molar refractivity (Wildman–Crippen MR) is 301 cm³/mol. The molecule has 71 heavy (non-hydrogen) atoms. The number of aromatic nitrogens is 2. The summed E-state index contributed by atoms with van der Waals surface area (Å²) in [4.78, 5) is 2.43. The largest absolute Gasteiger partial charge is 0.310 e. The Balaban J connectivity index is 0.908. The second kappa shape index (κ2) is 16.7. The van der Waals surface area contributed by atoms with Crippen LogP contribution in [0.3, 0.4) is 0 Å². The first kappa shape index (κ1) is 40.6. The first-order valence-electron chi connectivity index (χ1n) is 24.4. The van der Waals surface area contributed by atoms with Gasteiger partial charge in [-0.15, -0.1) is 0 Å². The van der Waals surface area contributed by atoms with Crippen molar-refractivity contribution >= 4 is 82.2 Å². The van der Waals surface area contributed by atoms with Crippen LogP contribution in [0.2, 0.25) is 0 Å². The summed E-state index contributed by atoms with van der Waals surface area (Å²) in [5.74, 6) is 0. The standard InChI is InChI=1S/C68H45N3/c1-3-18-51(19-4-1)70-65-29-14-12-26-61(65)63-44-50(35-42-67(63)70)57-41-43-66(59-24-10-9-23-58(57)59)69(54-38-32-48(33-39-54)56-27-15-17-47-16-7-8-22-55(47)56)53-36-30-46(31-37-53)49-34-40-62-60-25-11-13-28-64(60)71(68(62)45-49)52-20-5-2-6-21-52/h1-45H. The van der Waals surface area contributed by atoms with Crippen molar-refractivity contribution in [1.29, 1.82) is 0 Å². The van der Waals surface area contributed by atoms with E-state index in [4.69, 9.17) is 0 Å². The fourth-order valence-corrected chi connectivity index (χ4v) is 11.2. The number of anilines is 3. The van der Waals surface area contributed by atoms with E-state index in [1.807, 2.05) is 0 Å². The molecular weight excluding hydrogens is 859 g/mol. The minimum absolute atomic E-state index is 1.08. The maximum absolute atomic E-state index is 2.43. The van der Waals surface area contributed by atoms with Crippen molar-refractivity contribution in [3.05, 3.63) is 273 Å². The normalized spacial score (nSPS) is 11.7. The van der Waals surface area contributed by atoms with Gasteiger partial charge in [0.05, 0.1) is 27.8 Å². The molecule has 2 aromatic heterocycles. The molecule has 0 N–H and O–H groups in total. The molecule has 0 bridgehead atoms. The van der Waals surface area contributed by atoms with Crippen molar-refractivity contribution in [2.45, 2.75) is 0 Å². The smallest absolute Gasteiger partial charge is 0.0547 e. The third-order valence-corrected chi connectivity index (χ3v) is 14.5. The van der Waals surface area contributed by atoms with Crippen molar-refractivity contribution in [1.82, 2.24) is 9.13 Å². The number of hydrogen-bond donors (Lipinski definition) is 0. The monoisotopic (exact) mass is 903 g/mol. The number of hydrogen-bond acceptors (Lipinski definition) is 1. The molecule has 0 aliphatic rings. The van der Waals surface area contributed by atoms with Gasteiger partial charge in [-0.1, -0.05) is 188 Å². The molecule has 2 heterocycles. The molecule has 0 spiro atoms. The summed E-state index contributed by atoms with van der Waals surface area (Å²) in [7, 11) is 0. The first-order chi connectivity index (χ1) is 35.2. The lowest BCUT2D eigenvalue weighted by molar-refractivity contribution is 1.18. The third-order valence-electron chi connectivity index (χ3n) is 14.5. The van der Waals surface area contributed by atoms with Crippen LogP contribution in [0.25, 0.3) is 110 Å². The third kappa shape index (κ3) is 6.74. The average molecular weight is 904 g/mol. The van der Waals surface area contributed by atoms with Crippen LogP contribution >= 0.6 is 0 Å². The molecular formula is C68H45N3. The van der Waals surface area contributed by atoms with Gasteiger partial charge in [-0.25, -0.2) is 0 Å². The maximum Gasteiger partial charge on any atom is 0.0547 e. The zero-order valence-electron chi connectivity index (χ0n) is 38.8. The fourth-order valence-electron chi connectivity index (χ4n) is 11.2. The second-order valence-corrected chi connectivity index (χ2v) is 18.5. The lowest BCUT2D eigenvalue weighted by Crippen LogP contribution is -2.10. The Morgan fingerprint density at radius 2 is 0.718 bits per heavy atom. The first-order valence-corrected chi connectivity index (χ1v) is 24.4. The van der Waals surface area contributed by atoms with Gasteiger partial charge in [0.25, 0.3) is 0 Å². The molecule has 0 atom stereocenters. The van der Waals surface area contributed by atoms with E-state index in [1.54, 1.807) is 0 Å². The van der Waals surface area contributed by atoms with Crippen molar-refractivity contribution in [2.75, 3.05) is 4.90 Å². The van der Waals surface area contributed by atoms with Crippen molar-refractivity contribution in [3.63, 3.8) is 0 Å². The minimum Gasteiger partial charge on any atom is -0.310 e. The highest BCUT2D eigenvalue weighted by Gasteiger charge is 2.20. The molecule has 3 nitrogen and oxygen atoms in total. The molecule has 0 fully saturated rings. The maximum atomic E-state index is 2.43. The van der Waals surface area contributed by atoms with E-state index in [9.17, 15) is 0 Å². The Hall–Kier alpha value is -9.44. The van der Waals surface area contributed by atoms with Gasteiger partial charge in [-0.2, -0.15) is 0 Å². The van der Waals surface area contributed by atoms with Crippen LogP contribution in [0.5, 0.6) is 0 Å². The molecule has 0 radical (unpaired) electrons. The van der Waals surface area contributed by atoms with Gasteiger partial charge in [-0.05, 0) is 134 Å². The fraction of sp³-hybridized carbons (Fsp3) is 0. The molecule has 332 valence electrons. The van der Waals surface area contributed by atoms with Gasteiger partial charge in [0.15, 0.2) is 0 Å². The van der Waals surface area contributed by atoms with Gasteiger partial charge < -0.3 is 14.0 Å². The molecule has 0 aliphatic carbocycles. The van der Waals surface area contributed by atoms with Gasteiger partial charge in [0, 0.05) is 49.7 Å². The van der Waals surface area contributed by atoms with E-state index in [0.29, 0.717) is 0 Å². The number of nitrogens with zero attached hydrogens (tertiary/aromatic N) is 3. The van der Waals surface area contributed by atoms with Gasteiger partial charge in [-0.3, -0.25) is 0 Å². The Kier molecular flexibility index (Phi) is 9.53. The highest BCUT2D eigenvalue weighted by atomic mass is 15.1. The SMILES string of the molecule is c1ccc(-n2c3ccccc3c3cc(-c4ccc(N(c5ccc(-c6ccc7c8ccccc8n(-c8ccccc8)c7c6)cc5)c5ccc(-c6cccc7ccccc67)cc5)c5ccccc45)ccc32)cc1. The Morgan fingerprint density at radius 1 is 0.239 bits per heavy atom. The zero-order chi connectivity index (χ0) is 46.8. The van der Waals surface area contributed by atoms with Crippen molar-refractivity contribution in [2.24, 2.45) is 0 Å². The molecule has 14 aromatic rings. The predicted octanol–water partition coefficient (Wildman–Crippen LogP) is 18.7. The van der Waals surface area contributed by atoms with Crippen LogP contribution in [0.4, 0.5) is 17.1 Å². The minimum atomic E-state index is 1.08. The Morgan fingerprint density at radius 3 is 1.41 bits per heavy atom. The van der Waals surface area contributed by atoms with Crippen molar-refractivity contribution < 1.29 is 0 Å². The van der Waals surface area contributed by atoms with E-state index >= 15 is 0 Å². The number of benzene rings is 12. The molecule has 12 aromatic carbocycles. The highest BCUT2D eigenvalue weighted by Crippen LogP contribution is 2.45. The van der Waals surface area contributed by atoms with Gasteiger partial charge in [0.1, 0.15) is 0 Å². The van der Waals surface area contributed by atoms with Crippen LogP contribution in [-0.2, 0) is 0 Å². The van der Waals surface area contributed by atoms with Crippen LogP contribution in [0.1, 0.15) is 0 Å². The number of rotatable bonds is 8. The molecule has 14 rings (SSSR count). The summed E-state index contributed by atoms with van der Waals surface area (Å²) < 4.78 is 4.77. The summed E-state index contributed by atoms with van der Waals surface area (Å²) in [6, 6.07) is 99.7. The van der Waals surface area contributed by atoms with E-state index in [-0.39, 0.29) is 0 Å². The van der Waals surface area contributed by atoms with Crippen LogP contribution in [0, 0.1) is 0 Å². The number of fused-ring (bicyclic) bond motifs is 8. The Labute approximate surface area is 412 Å². The van der Waals surface area contributed by atoms with Crippen LogP contribution in [0.15, 0.2) is 273 Å². The van der Waals surface area contributed by atoms with Crippen LogP contribution < -0.4 is 4.90 Å². The lowest BCUT2D eigenvalue weighted by Gasteiger charge is -2.28. The molecule has 0 saturated carbocycles. The molecule has 3 heteroatoms. The van der Waals surface area contributed by atoms with E-state index in [0.717, 1.165) is 34.0 Å². The summed E-state index contributed by atoms with van der Waals surface area (Å²) in [5, 5.41) is 9.86. The molecule has 0 aliphatic heterocycles. The quantitative estimate of drug-likeness (QED) is 0.148. The van der Waals surface area contributed by atoms with E-state index < -0.39 is 0 Å². The van der Waals surface area contributed by atoms with Gasteiger partial charge >= 0.3 is 0 Å². The van der Waals surface area contributed by atoms with Crippen LogP contribution in [-0.4, -0.2) is 9.13 Å². The zero-order valence-corrected chi connectivity index (χ0v) is 38.8. The molecule has 0 amide bonds. The summed E-state index contributed by atoms with van der Waals surface area (Å²) in [6.07, 6.45) is 0. The molecule has 0 unspecified atom stereocenters. The molecule has 0 saturated heterocycles. The number of para-hydroxylation sites is 4. The average Bonchev–Trinajstić information content (AvgIpc) is 3.96. The van der Waals surface area contributed by atoms with Crippen molar-refractivity contribution in [3.8, 4) is 44.8 Å². The summed E-state index contributed by atoms with van der Waals surface area (Å²) in [6.45, 7) is 0. The summed E-state index contributed by atoms with van der Waals surface area (Å²) >= 11 is 0. The van der Waals surface area contributed by atoms with E-state index in [2.05, 4.69) is 287 Å². The highest BCUT2D eigenvalue weighted by molar-refractivity contribution is 6.13. The summed E-state index contributed by atoms with van der Waals surface area (Å²) in [5.41, 5.74) is 17.5. The van der Waals surface area contributed by atoms with E-state index in [1.165, 1.54) is 93.0 Å². The topological polar surface area (TPSA) is 13.1 Å². The second-order valence-electron chi connectivity index (χ2n) is 18.5. The lowest BCUT2D eigenvalue weighted by atomic mass is 9.95. The van der Waals surface area contributed by atoms with Gasteiger partial charge in [0.2, 0.25) is 0 Å².